The van der Waals surface area contributed by atoms with Gasteiger partial charge in [0, 0.05) is 17.0 Å². The van der Waals surface area contributed by atoms with E-state index in [0.717, 1.165) is 5.69 Å². The van der Waals surface area contributed by atoms with Crippen LogP contribution in [0.2, 0.25) is 0 Å². The van der Waals surface area contributed by atoms with Crippen molar-refractivity contribution in [2.45, 2.75) is 57.4 Å². The van der Waals surface area contributed by atoms with Crippen LogP contribution in [0.4, 0.5) is 5.82 Å². The van der Waals surface area contributed by atoms with Crippen LogP contribution in [0.1, 0.15) is 57.6 Å². The van der Waals surface area contributed by atoms with E-state index in [9.17, 15) is 13.2 Å². The lowest BCUT2D eigenvalue weighted by atomic mass is 9.92. The molecule has 0 atom stereocenters. The van der Waals surface area contributed by atoms with Crippen LogP contribution in [0.25, 0.3) is 0 Å². The molecule has 2 rings (SSSR count). The Labute approximate surface area is 172 Å². The number of rotatable bonds is 5. The van der Waals surface area contributed by atoms with Crippen molar-refractivity contribution < 1.29 is 13.2 Å². The summed E-state index contributed by atoms with van der Waals surface area (Å²) < 4.78 is 28.6. The van der Waals surface area contributed by atoms with Gasteiger partial charge in [-0.3, -0.25) is 4.79 Å². The van der Waals surface area contributed by atoms with Crippen LogP contribution in [0.15, 0.2) is 35.2 Å². The summed E-state index contributed by atoms with van der Waals surface area (Å²) >= 11 is 0. The zero-order chi connectivity index (χ0) is 22.0. The van der Waals surface area contributed by atoms with Gasteiger partial charge in [-0.2, -0.15) is 9.82 Å². The summed E-state index contributed by atoms with van der Waals surface area (Å²) in [6, 6.07) is 7.64. The van der Waals surface area contributed by atoms with Crippen LogP contribution in [0, 0.1) is 12.3 Å². The van der Waals surface area contributed by atoms with Gasteiger partial charge in [0.2, 0.25) is 10.0 Å². The molecule has 0 saturated carbocycles. The SMILES string of the molecule is C#CCNS(=O)(=O)c1cccc(C(=O)Nc2cc(C(C)(C)C)nn2C(C)(C)C)c1. The van der Waals surface area contributed by atoms with E-state index in [1.807, 2.05) is 47.6 Å². The van der Waals surface area contributed by atoms with E-state index in [1.165, 1.54) is 18.2 Å². The standard InChI is InChI=1S/C21H28N4O3S/c1-8-12-22-29(27,28)16-11-9-10-15(13-16)19(26)23-18-14-17(20(2,3)4)24-25(18)21(5,6)7/h1,9-11,13-14,22H,12H2,2-7H3,(H,23,26). The molecule has 0 radical (unpaired) electrons. The van der Waals surface area contributed by atoms with Crippen molar-refractivity contribution >= 4 is 21.7 Å². The van der Waals surface area contributed by atoms with Crippen molar-refractivity contribution in [3.8, 4) is 12.3 Å². The third-order valence-corrected chi connectivity index (χ3v) is 5.52. The van der Waals surface area contributed by atoms with Gasteiger partial charge in [0.1, 0.15) is 5.82 Å². The Balaban J connectivity index is 2.38. The molecule has 1 aromatic heterocycles. The van der Waals surface area contributed by atoms with Gasteiger partial charge < -0.3 is 5.32 Å². The van der Waals surface area contributed by atoms with Gasteiger partial charge >= 0.3 is 0 Å². The normalized spacial score (nSPS) is 12.4. The fraction of sp³-hybridized carbons (Fsp3) is 0.429. The van der Waals surface area contributed by atoms with Gasteiger partial charge in [-0.25, -0.2) is 13.1 Å². The molecule has 1 aromatic carbocycles. The van der Waals surface area contributed by atoms with Crippen LogP contribution in [0.3, 0.4) is 0 Å². The molecular weight excluding hydrogens is 388 g/mol. The molecule has 0 aliphatic rings. The minimum Gasteiger partial charge on any atom is -0.307 e. The Morgan fingerprint density at radius 2 is 1.83 bits per heavy atom. The molecule has 2 N–H and O–H groups in total. The second-order valence-electron chi connectivity index (χ2n) is 8.76. The highest BCUT2D eigenvalue weighted by molar-refractivity contribution is 7.89. The molecule has 1 amide bonds. The number of hydrogen-bond acceptors (Lipinski definition) is 4. The smallest absolute Gasteiger partial charge is 0.256 e. The third kappa shape index (κ3) is 5.46. The molecule has 0 unspecified atom stereocenters. The minimum absolute atomic E-state index is 0.0277. The highest BCUT2D eigenvalue weighted by Gasteiger charge is 2.26. The average molecular weight is 417 g/mol. The Hall–Kier alpha value is -2.63. The summed E-state index contributed by atoms with van der Waals surface area (Å²) in [5, 5.41) is 7.53. The van der Waals surface area contributed by atoms with Crippen LogP contribution in [-0.2, 0) is 21.0 Å². The van der Waals surface area contributed by atoms with E-state index in [4.69, 9.17) is 6.42 Å². The Morgan fingerprint density at radius 1 is 1.17 bits per heavy atom. The number of carbonyl (C=O) groups is 1. The predicted molar refractivity (Wildman–Crippen MR) is 114 cm³/mol. The fourth-order valence-corrected chi connectivity index (χ4v) is 3.54. The zero-order valence-corrected chi connectivity index (χ0v) is 18.5. The summed E-state index contributed by atoms with van der Waals surface area (Å²) in [7, 11) is -3.79. The van der Waals surface area contributed by atoms with Crippen molar-refractivity contribution in [1.82, 2.24) is 14.5 Å². The van der Waals surface area contributed by atoms with E-state index in [-0.39, 0.29) is 28.0 Å². The molecule has 8 heteroatoms. The summed E-state index contributed by atoms with van der Waals surface area (Å²) in [5.74, 6) is 2.34. The lowest BCUT2D eigenvalue weighted by Gasteiger charge is -2.23. The van der Waals surface area contributed by atoms with Gasteiger partial charge in [0.05, 0.1) is 22.7 Å². The Kier molecular flexibility index (Phi) is 6.26. The molecule has 7 nitrogen and oxygen atoms in total. The number of terminal acetylenes is 1. The van der Waals surface area contributed by atoms with E-state index in [2.05, 4.69) is 21.1 Å². The minimum atomic E-state index is -3.79. The van der Waals surface area contributed by atoms with E-state index >= 15 is 0 Å². The van der Waals surface area contributed by atoms with Crippen LogP contribution in [0.5, 0.6) is 0 Å². The maximum Gasteiger partial charge on any atom is 0.256 e. The van der Waals surface area contributed by atoms with Crippen molar-refractivity contribution in [1.29, 1.82) is 0 Å². The molecule has 0 spiro atoms. The average Bonchev–Trinajstić information content (AvgIpc) is 3.04. The first-order valence-electron chi connectivity index (χ1n) is 9.21. The van der Waals surface area contributed by atoms with Crippen LogP contribution < -0.4 is 10.0 Å². The first-order valence-corrected chi connectivity index (χ1v) is 10.7. The highest BCUT2D eigenvalue weighted by atomic mass is 32.2. The van der Waals surface area contributed by atoms with Gasteiger partial charge in [0.15, 0.2) is 0 Å². The molecule has 2 aromatic rings. The molecule has 29 heavy (non-hydrogen) atoms. The first kappa shape index (κ1) is 22.7. The number of hydrogen-bond donors (Lipinski definition) is 2. The van der Waals surface area contributed by atoms with Crippen LogP contribution in [-0.4, -0.2) is 30.7 Å². The quantitative estimate of drug-likeness (QED) is 0.733. The molecule has 0 fully saturated rings. The lowest BCUT2D eigenvalue weighted by molar-refractivity contribution is 0.102. The van der Waals surface area contributed by atoms with E-state index in [0.29, 0.717) is 5.82 Å². The van der Waals surface area contributed by atoms with E-state index in [1.54, 1.807) is 10.7 Å². The van der Waals surface area contributed by atoms with Crippen molar-refractivity contribution in [3.05, 3.63) is 41.6 Å². The summed E-state index contributed by atoms with van der Waals surface area (Å²) in [4.78, 5) is 12.8. The Bertz CT molecular complexity index is 1050. The molecule has 0 saturated heterocycles. The van der Waals surface area contributed by atoms with E-state index < -0.39 is 15.9 Å². The number of nitrogens with one attached hydrogen (secondary N) is 2. The summed E-state index contributed by atoms with van der Waals surface area (Å²) in [6.07, 6.45) is 5.11. The number of carbonyl (C=O) groups excluding carboxylic acids is 1. The number of amides is 1. The monoisotopic (exact) mass is 416 g/mol. The predicted octanol–water partition coefficient (Wildman–Crippen LogP) is 3.10. The second kappa shape index (κ2) is 8.01. The molecular formula is C21H28N4O3S. The van der Waals surface area contributed by atoms with Crippen molar-refractivity contribution in [2.75, 3.05) is 11.9 Å². The van der Waals surface area contributed by atoms with Crippen molar-refractivity contribution in [2.24, 2.45) is 0 Å². The number of aromatic nitrogens is 2. The third-order valence-electron chi connectivity index (χ3n) is 4.13. The number of anilines is 1. The molecule has 1 heterocycles. The maximum absolute atomic E-state index is 12.8. The number of nitrogens with zero attached hydrogens (tertiary/aromatic N) is 2. The van der Waals surface area contributed by atoms with Gasteiger partial charge in [-0.15, -0.1) is 6.42 Å². The van der Waals surface area contributed by atoms with Gasteiger partial charge in [0.25, 0.3) is 5.91 Å². The molecule has 0 bridgehead atoms. The number of benzene rings is 1. The molecule has 156 valence electrons. The largest absolute Gasteiger partial charge is 0.307 e. The van der Waals surface area contributed by atoms with Crippen LogP contribution >= 0.6 is 0 Å². The summed E-state index contributed by atoms with van der Waals surface area (Å²) in [5.41, 5.74) is 0.522. The van der Waals surface area contributed by atoms with Gasteiger partial charge in [-0.05, 0) is 39.0 Å². The molecule has 0 aliphatic heterocycles. The maximum atomic E-state index is 12.8. The molecule has 0 aliphatic carbocycles. The summed E-state index contributed by atoms with van der Waals surface area (Å²) in [6.45, 7) is 12.0. The lowest BCUT2D eigenvalue weighted by Crippen LogP contribution is -2.27. The highest BCUT2D eigenvalue weighted by Crippen LogP contribution is 2.28. The van der Waals surface area contributed by atoms with Crippen molar-refractivity contribution in [3.63, 3.8) is 0 Å². The second-order valence-corrected chi connectivity index (χ2v) is 10.5. The Morgan fingerprint density at radius 3 is 2.38 bits per heavy atom. The first-order chi connectivity index (χ1) is 13.3. The fourth-order valence-electron chi connectivity index (χ4n) is 2.56. The number of sulfonamides is 1. The zero-order valence-electron chi connectivity index (χ0n) is 17.7. The topological polar surface area (TPSA) is 93.1 Å². The van der Waals surface area contributed by atoms with Gasteiger partial charge in [-0.1, -0.05) is 32.8 Å².